The van der Waals surface area contributed by atoms with Crippen LogP contribution in [0.1, 0.15) is 19.3 Å². The zero-order valence-electron chi connectivity index (χ0n) is 11.1. The maximum absolute atomic E-state index is 11.6. The van der Waals surface area contributed by atoms with Gasteiger partial charge in [-0.15, -0.1) is 0 Å². The van der Waals surface area contributed by atoms with E-state index in [0.717, 1.165) is 0 Å². The minimum atomic E-state index is -1.56. The molecule has 3 fully saturated rings. The Kier molecular flexibility index (Phi) is 3.63. The molecule has 2 N–H and O–H groups in total. The summed E-state index contributed by atoms with van der Waals surface area (Å²) in [4.78, 5) is 23.3. The van der Waals surface area contributed by atoms with E-state index < -0.39 is 18.0 Å². The van der Waals surface area contributed by atoms with E-state index in [1.54, 1.807) is 0 Å². The van der Waals surface area contributed by atoms with Gasteiger partial charge < -0.3 is 18.9 Å². The van der Waals surface area contributed by atoms with Crippen molar-refractivity contribution < 1.29 is 28.5 Å². The topological polar surface area (TPSA) is 95.1 Å². The van der Waals surface area contributed by atoms with Gasteiger partial charge in [0.2, 0.25) is 0 Å². The maximum Gasteiger partial charge on any atom is 0.386 e. The molecule has 3 aliphatic rings. The number of ether oxygens (including phenoxy) is 4. The maximum atomic E-state index is 11.6. The van der Waals surface area contributed by atoms with Gasteiger partial charge in [0.05, 0.1) is 13.2 Å². The van der Waals surface area contributed by atoms with Crippen LogP contribution in [0.4, 0.5) is 0 Å². The first-order chi connectivity index (χ1) is 9.62. The van der Waals surface area contributed by atoms with Crippen LogP contribution in [0.25, 0.3) is 0 Å². The minimum absolute atomic E-state index is 0.206. The summed E-state index contributed by atoms with van der Waals surface area (Å²) in [6, 6.07) is -1.56. The fraction of sp³-hybridized carbons (Fsp3) is 0.833. The van der Waals surface area contributed by atoms with E-state index >= 15 is 0 Å². The van der Waals surface area contributed by atoms with Crippen molar-refractivity contribution in [3.8, 4) is 0 Å². The van der Waals surface area contributed by atoms with Gasteiger partial charge in [-0.25, -0.2) is 10.6 Å². The molecule has 0 aromatic carbocycles. The van der Waals surface area contributed by atoms with Crippen molar-refractivity contribution in [1.29, 1.82) is 0 Å². The molecular formula is C12H18N2O6. The molecular weight excluding hydrogens is 268 g/mol. The standard InChI is InChI=1S/C12H18N2O6/c15-9-2-1-3-10(16)20-12(19-9)13-4-11(5-14-12)6-17-8-18-7-11/h13-14H,1-8H2. The van der Waals surface area contributed by atoms with E-state index in [0.29, 0.717) is 32.7 Å². The van der Waals surface area contributed by atoms with Crippen molar-refractivity contribution in [2.75, 3.05) is 33.1 Å². The Balaban J connectivity index is 1.69. The molecule has 8 nitrogen and oxygen atoms in total. The van der Waals surface area contributed by atoms with E-state index in [1.165, 1.54) is 0 Å². The molecule has 0 aromatic rings. The van der Waals surface area contributed by atoms with E-state index in [2.05, 4.69) is 10.6 Å². The van der Waals surface area contributed by atoms with E-state index in [1.807, 2.05) is 0 Å². The summed E-state index contributed by atoms with van der Waals surface area (Å²) in [5, 5.41) is 5.93. The Morgan fingerprint density at radius 1 is 0.900 bits per heavy atom. The van der Waals surface area contributed by atoms with Gasteiger partial charge in [0.15, 0.2) is 0 Å². The summed E-state index contributed by atoms with van der Waals surface area (Å²) in [5.41, 5.74) is -0.245. The van der Waals surface area contributed by atoms with Gasteiger partial charge in [0, 0.05) is 31.3 Å². The predicted molar refractivity (Wildman–Crippen MR) is 64.0 cm³/mol. The highest BCUT2D eigenvalue weighted by Crippen LogP contribution is 2.27. The zero-order valence-corrected chi connectivity index (χ0v) is 11.1. The molecule has 0 saturated carbocycles. The number of nitrogens with one attached hydrogen (secondary N) is 2. The highest BCUT2D eigenvalue weighted by molar-refractivity contribution is 5.74. The molecule has 3 saturated heterocycles. The molecule has 3 heterocycles. The van der Waals surface area contributed by atoms with Gasteiger partial charge in [0.25, 0.3) is 0 Å². The smallest absolute Gasteiger partial charge is 0.386 e. The average Bonchev–Trinajstić information content (AvgIpc) is 2.42. The van der Waals surface area contributed by atoms with Crippen LogP contribution in [0.5, 0.6) is 0 Å². The Bertz CT molecular complexity index is 377. The summed E-state index contributed by atoms with van der Waals surface area (Å²) in [6.07, 6.45) is 0.856. The van der Waals surface area contributed by atoms with Crippen molar-refractivity contribution in [1.82, 2.24) is 10.6 Å². The van der Waals surface area contributed by atoms with Gasteiger partial charge in [-0.1, -0.05) is 0 Å². The largest absolute Gasteiger partial charge is 0.395 e. The van der Waals surface area contributed by atoms with Crippen LogP contribution >= 0.6 is 0 Å². The van der Waals surface area contributed by atoms with Crippen molar-refractivity contribution in [2.45, 2.75) is 25.3 Å². The van der Waals surface area contributed by atoms with Gasteiger partial charge in [-0.3, -0.25) is 9.59 Å². The van der Waals surface area contributed by atoms with Crippen molar-refractivity contribution >= 4 is 11.9 Å². The van der Waals surface area contributed by atoms with Gasteiger partial charge in [-0.2, -0.15) is 0 Å². The lowest BCUT2D eigenvalue weighted by Gasteiger charge is -2.46. The molecule has 2 spiro atoms. The lowest BCUT2D eigenvalue weighted by Crippen LogP contribution is -2.72. The quantitative estimate of drug-likeness (QED) is 0.550. The van der Waals surface area contributed by atoms with Crippen molar-refractivity contribution in [3.63, 3.8) is 0 Å². The number of esters is 2. The second-order valence-electron chi connectivity index (χ2n) is 5.44. The van der Waals surface area contributed by atoms with Crippen LogP contribution in [0, 0.1) is 5.41 Å². The van der Waals surface area contributed by atoms with Crippen LogP contribution in [0.15, 0.2) is 0 Å². The number of carbonyl (C=O) groups excluding carboxylic acids is 2. The third-order valence-electron chi connectivity index (χ3n) is 3.65. The summed E-state index contributed by atoms with van der Waals surface area (Å²) in [7, 11) is 0. The normalized spacial score (nSPS) is 29.4. The molecule has 20 heavy (non-hydrogen) atoms. The Morgan fingerprint density at radius 2 is 1.45 bits per heavy atom. The van der Waals surface area contributed by atoms with Crippen LogP contribution in [0.3, 0.4) is 0 Å². The first kappa shape index (κ1) is 13.7. The van der Waals surface area contributed by atoms with E-state index in [9.17, 15) is 9.59 Å². The number of carbonyl (C=O) groups is 2. The first-order valence-electron chi connectivity index (χ1n) is 6.71. The minimum Gasteiger partial charge on any atom is -0.395 e. The Labute approximate surface area is 116 Å². The summed E-state index contributed by atoms with van der Waals surface area (Å²) in [6.45, 7) is 2.27. The molecule has 0 radical (unpaired) electrons. The van der Waals surface area contributed by atoms with Crippen LogP contribution in [-0.2, 0) is 28.5 Å². The fourth-order valence-corrected chi connectivity index (χ4v) is 2.52. The third kappa shape index (κ3) is 2.78. The second kappa shape index (κ2) is 5.28. The number of hydrogen-bond acceptors (Lipinski definition) is 8. The van der Waals surface area contributed by atoms with Crippen molar-refractivity contribution in [3.05, 3.63) is 0 Å². The van der Waals surface area contributed by atoms with Crippen molar-refractivity contribution in [2.24, 2.45) is 5.41 Å². The van der Waals surface area contributed by atoms with Gasteiger partial charge >= 0.3 is 18.0 Å². The Hall–Kier alpha value is -1.22. The molecule has 3 rings (SSSR count). The first-order valence-corrected chi connectivity index (χ1v) is 6.71. The molecule has 0 aliphatic carbocycles. The number of rotatable bonds is 0. The summed E-state index contributed by atoms with van der Waals surface area (Å²) < 4.78 is 21.1. The van der Waals surface area contributed by atoms with Crippen LogP contribution < -0.4 is 10.6 Å². The molecule has 0 unspecified atom stereocenters. The van der Waals surface area contributed by atoms with Crippen LogP contribution in [-0.4, -0.2) is 51.1 Å². The number of hydrogen-bond donors (Lipinski definition) is 2. The molecule has 0 bridgehead atoms. The lowest BCUT2D eigenvalue weighted by atomic mass is 9.88. The highest BCUT2D eigenvalue weighted by Gasteiger charge is 2.49. The highest BCUT2D eigenvalue weighted by atomic mass is 16.8. The SMILES string of the molecule is O=C1CCCC(=O)OC2(NCC3(CN2)COCOC3)O1. The molecule has 0 aromatic heterocycles. The summed E-state index contributed by atoms with van der Waals surface area (Å²) >= 11 is 0. The van der Waals surface area contributed by atoms with Crippen LogP contribution in [0.2, 0.25) is 0 Å². The molecule has 8 heteroatoms. The predicted octanol–water partition coefficient (Wildman–Crippen LogP) is -0.948. The van der Waals surface area contributed by atoms with Gasteiger partial charge in [-0.05, 0) is 6.42 Å². The molecule has 0 atom stereocenters. The zero-order chi connectivity index (χ0) is 14.1. The fourth-order valence-electron chi connectivity index (χ4n) is 2.52. The lowest BCUT2D eigenvalue weighted by molar-refractivity contribution is -0.278. The summed E-state index contributed by atoms with van der Waals surface area (Å²) in [5.74, 6) is -0.797. The van der Waals surface area contributed by atoms with E-state index in [-0.39, 0.29) is 25.0 Å². The van der Waals surface area contributed by atoms with E-state index in [4.69, 9.17) is 18.9 Å². The van der Waals surface area contributed by atoms with Gasteiger partial charge in [0.1, 0.15) is 6.79 Å². The Morgan fingerprint density at radius 3 is 2.00 bits per heavy atom. The molecule has 3 aliphatic heterocycles. The average molecular weight is 286 g/mol. The molecule has 112 valence electrons. The second-order valence-corrected chi connectivity index (χ2v) is 5.44. The molecule has 0 amide bonds. The monoisotopic (exact) mass is 286 g/mol. The third-order valence-corrected chi connectivity index (χ3v) is 3.65.